The SMILES string of the molecule is Cc1cccnc1-n1c2ccccc2c2ccc(Oc3cccc(-c4cnc(-c5cccc(Oc6ccc7c8ccccc8n(-c8ncccc8C)c7c6)c5)cn4)c3)cc21. The van der Waals surface area contributed by atoms with Crippen molar-refractivity contribution in [3.05, 3.63) is 194 Å². The smallest absolute Gasteiger partial charge is 0.140 e. The number of aryl methyl sites for hydroxylation is 2. The highest BCUT2D eigenvalue weighted by atomic mass is 16.5. The molecule has 0 spiro atoms. The van der Waals surface area contributed by atoms with Crippen LogP contribution in [0, 0.1) is 13.8 Å². The molecule has 60 heavy (non-hydrogen) atoms. The summed E-state index contributed by atoms with van der Waals surface area (Å²) in [5, 5.41) is 4.62. The number of hydrogen-bond acceptors (Lipinski definition) is 6. The van der Waals surface area contributed by atoms with Gasteiger partial charge in [0, 0.05) is 57.2 Å². The van der Waals surface area contributed by atoms with Crippen LogP contribution < -0.4 is 9.47 Å². The Bertz CT molecular complexity index is 3190. The summed E-state index contributed by atoms with van der Waals surface area (Å²) in [6.07, 6.45) is 7.27. The second-order valence-electron chi connectivity index (χ2n) is 14.9. The van der Waals surface area contributed by atoms with Crippen LogP contribution in [0.1, 0.15) is 11.1 Å². The summed E-state index contributed by atoms with van der Waals surface area (Å²) in [6.45, 7) is 4.17. The van der Waals surface area contributed by atoms with Crippen LogP contribution in [0.25, 0.3) is 77.8 Å². The van der Waals surface area contributed by atoms with Gasteiger partial charge in [0.1, 0.15) is 34.6 Å². The zero-order valence-corrected chi connectivity index (χ0v) is 32.8. The van der Waals surface area contributed by atoms with E-state index in [2.05, 4.69) is 108 Å². The molecule has 0 N–H and O–H groups in total. The average molecular weight is 777 g/mol. The molecule has 0 radical (unpaired) electrons. The third-order valence-corrected chi connectivity index (χ3v) is 11.1. The molecule has 5 aromatic heterocycles. The molecule has 0 atom stereocenters. The van der Waals surface area contributed by atoms with E-state index in [-0.39, 0.29) is 0 Å². The third-order valence-electron chi connectivity index (χ3n) is 11.1. The van der Waals surface area contributed by atoms with Crippen molar-refractivity contribution in [1.29, 1.82) is 0 Å². The summed E-state index contributed by atoms with van der Waals surface area (Å²) in [6, 6.07) is 53.3. The van der Waals surface area contributed by atoms with Crippen molar-refractivity contribution in [2.75, 3.05) is 0 Å². The lowest BCUT2D eigenvalue weighted by atomic mass is 10.1. The molecule has 8 nitrogen and oxygen atoms in total. The molecule has 0 aliphatic rings. The molecular weight excluding hydrogens is 741 g/mol. The van der Waals surface area contributed by atoms with E-state index in [9.17, 15) is 0 Å². The second-order valence-corrected chi connectivity index (χ2v) is 14.9. The molecule has 0 fully saturated rings. The number of para-hydroxylation sites is 2. The van der Waals surface area contributed by atoms with Crippen molar-refractivity contribution < 1.29 is 9.47 Å². The Balaban J connectivity index is 0.854. The number of nitrogens with zero attached hydrogens (tertiary/aromatic N) is 6. The molecule has 0 aliphatic heterocycles. The third kappa shape index (κ3) is 6.10. The summed E-state index contributed by atoms with van der Waals surface area (Å²) in [5.41, 5.74) is 9.73. The van der Waals surface area contributed by atoms with Gasteiger partial charge in [-0.05, 0) is 97.8 Å². The van der Waals surface area contributed by atoms with Crippen molar-refractivity contribution in [2.45, 2.75) is 13.8 Å². The monoisotopic (exact) mass is 776 g/mol. The van der Waals surface area contributed by atoms with E-state index in [0.717, 1.165) is 89.6 Å². The molecule has 0 saturated carbocycles. The standard InChI is InChI=1S/C52H36N6O2/c1-33-11-9-25-53-51(33)57-47-19-5-3-17-41(47)43-23-21-39(29-49(43)57)59-37-15-7-13-35(27-37)45-31-56-46(32-55-45)36-14-8-16-38(28-36)60-40-22-24-44-42-18-4-6-20-48(42)58(50(44)30-40)52-34(2)12-10-26-54-52/h3-32H,1-2H3. The van der Waals surface area contributed by atoms with Gasteiger partial charge < -0.3 is 9.47 Å². The largest absolute Gasteiger partial charge is 0.457 e. The van der Waals surface area contributed by atoms with Crippen LogP contribution in [0.15, 0.2) is 183 Å². The van der Waals surface area contributed by atoms with Gasteiger partial charge >= 0.3 is 0 Å². The Labute approximate surface area is 345 Å². The van der Waals surface area contributed by atoms with Gasteiger partial charge in [-0.25, -0.2) is 9.97 Å². The predicted octanol–water partition coefficient (Wildman–Crippen LogP) is 13.0. The zero-order chi connectivity index (χ0) is 40.2. The molecule has 8 heteroatoms. The lowest BCUT2D eigenvalue weighted by Crippen LogP contribution is -1.99. The number of aromatic nitrogens is 6. The van der Waals surface area contributed by atoms with Crippen LogP contribution in [0.3, 0.4) is 0 Å². The Kier molecular flexibility index (Phi) is 8.41. The Morgan fingerprint density at radius 3 is 1.25 bits per heavy atom. The minimum absolute atomic E-state index is 0.702. The predicted molar refractivity (Wildman–Crippen MR) is 240 cm³/mol. The first kappa shape index (κ1) is 35.1. The van der Waals surface area contributed by atoms with Crippen LogP contribution in [-0.4, -0.2) is 29.1 Å². The first-order chi connectivity index (χ1) is 29.6. The highest BCUT2D eigenvalue weighted by Crippen LogP contribution is 2.38. The summed E-state index contributed by atoms with van der Waals surface area (Å²) >= 11 is 0. The maximum Gasteiger partial charge on any atom is 0.140 e. The second kappa shape index (κ2) is 14.4. The number of pyridine rings is 2. The maximum atomic E-state index is 6.49. The van der Waals surface area contributed by atoms with E-state index < -0.39 is 0 Å². The molecule has 0 aliphatic carbocycles. The number of ether oxygens (including phenoxy) is 2. The van der Waals surface area contributed by atoms with Crippen LogP contribution in [0.5, 0.6) is 23.0 Å². The van der Waals surface area contributed by atoms with Crippen molar-refractivity contribution in [2.24, 2.45) is 0 Å². The topological polar surface area (TPSA) is 79.9 Å². The Hall–Kier alpha value is -8.10. The molecule has 0 saturated heterocycles. The molecular formula is C52H36N6O2. The van der Waals surface area contributed by atoms with E-state index in [0.29, 0.717) is 11.5 Å². The zero-order valence-electron chi connectivity index (χ0n) is 32.8. The highest BCUT2D eigenvalue weighted by Gasteiger charge is 2.17. The number of benzene rings is 6. The first-order valence-corrected chi connectivity index (χ1v) is 19.8. The van der Waals surface area contributed by atoms with E-state index in [1.54, 1.807) is 12.4 Å². The summed E-state index contributed by atoms with van der Waals surface area (Å²) in [7, 11) is 0. The molecule has 5 heterocycles. The molecule has 6 aromatic carbocycles. The highest BCUT2D eigenvalue weighted by molar-refractivity contribution is 6.10. The Morgan fingerprint density at radius 2 is 0.800 bits per heavy atom. The lowest BCUT2D eigenvalue weighted by Gasteiger charge is -2.11. The molecule has 0 bridgehead atoms. The Morgan fingerprint density at radius 1 is 0.367 bits per heavy atom. The van der Waals surface area contributed by atoms with Gasteiger partial charge in [0.05, 0.1) is 45.8 Å². The number of fused-ring (bicyclic) bond motifs is 6. The number of rotatable bonds is 8. The molecule has 11 rings (SSSR count). The van der Waals surface area contributed by atoms with Crippen LogP contribution in [0.2, 0.25) is 0 Å². The lowest BCUT2D eigenvalue weighted by molar-refractivity contribution is 0.483. The average Bonchev–Trinajstić information content (AvgIpc) is 3.79. The van der Waals surface area contributed by atoms with E-state index in [1.165, 1.54) is 10.8 Å². The molecule has 286 valence electrons. The van der Waals surface area contributed by atoms with Gasteiger partial charge in [-0.15, -0.1) is 0 Å². The molecule has 0 unspecified atom stereocenters. The summed E-state index contributed by atoms with van der Waals surface area (Å²) < 4.78 is 17.4. The van der Waals surface area contributed by atoms with E-state index in [4.69, 9.17) is 29.4 Å². The molecule has 11 aromatic rings. The maximum absolute atomic E-state index is 6.49. The van der Waals surface area contributed by atoms with E-state index in [1.807, 2.05) is 85.2 Å². The fourth-order valence-corrected chi connectivity index (χ4v) is 8.24. The van der Waals surface area contributed by atoms with Gasteiger partial charge in [0.25, 0.3) is 0 Å². The first-order valence-electron chi connectivity index (χ1n) is 19.8. The van der Waals surface area contributed by atoms with Gasteiger partial charge in [-0.3, -0.25) is 19.1 Å². The normalized spacial score (nSPS) is 11.5. The van der Waals surface area contributed by atoms with E-state index >= 15 is 0 Å². The summed E-state index contributed by atoms with van der Waals surface area (Å²) in [5.74, 6) is 4.66. The van der Waals surface area contributed by atoms with Crippen LogP contribution in [0.4, 0.5) is 0 Å². The minimum Gasteiger partial charge on any atom is -0.457 e. The van der Waals surface area contributed by atoms with Gasteiger partial charge in [0.15, 0.2) is 0 Å². The van der Waals surface area contributed by atoms with Gasteiger partial charge in [-0.1, -0.05) is 72.8 Å². The van der Waals surface area contributed by atoms with Crippen molar-refractivity contribution >= 4 is 43.6 Å². The van der Waals surface area contributed by atoms with Gasteiger partial charge in [-0.2, -0.15) is 0 Å². The molecule has 0 amide bonds. The quantitative estimate of drug-likeness (QED) is 0.153. The van der Waals surface area contributed by atoms with Gasteiger partial charge in [0.2, 0.25) is 0 Å². The van der Waals surface area contributed by atoms with Crippen molar-refractivity contribution in [1.82, 2.24) is 29.1 Å². The van der Waals surface area contributed by atoms with Crippen molar-refractivity contribution in [3.63, 3.8) is 0 Å². The fraction of sp³-hybridized carbons (Fsp3) is 0.0385. The number of hydrogen-bond donors (Lipinski definition) is 0. The van der Waals surface area contributed by atoms with Crippen molar-refractivity contribution in [3.8, 4) is 57.1 Å². The van der Waals surface area contributed by atoms with Crippen LogP contribution >= 0.6 is 0 Å². The van der Waals surface area contributed by atoms with Crippen LogP contribution in [-0.2, 0) is 0 Å². The summed E-state index contributed by atoms with van der Waals surface area (Å²) in [4.78, 5) is 19.2. The minimum atomic E-state index is 0.702. The fourth-order valence-electron chi connectivity index (χ4n) is 8.24.